The van der Waals surface area contributed by atoms with Gasteiger partial charge in [0.25, 0.3) is 5.91 Å². The van der Waals surface area contributed by atoms with Gasteiger partial charge in [-0.25, -0.2) is 4.79 Å². The number of allylic oxidation sites excluding steroid dienone is 1. The number of hydrogen-bond acceptors (Lipinski definition) is 5. The van der Waals surface area contributed by atoms with Crippen LogP contribution in [0.5, 0.6) is 0 Å². The Morgan fingerprint density at radius 1 is 1.30 bits per heavy atom. The Morgan fingerprint density at radius 3 is 2.52 bits per heavy atom. The molecule has 2 aromatic rings. The fraction of sp³-hybridized carbons (Fsp3) is 0.250. The highest BCUT2D eigenvalue weighted by atomic mass is 16.4. The Hall–Kier alpha value is -2.96. The number of aryl methyl sites for hydroxylation is 1. The molecule has 7 nitrogen and oxygen atoms in total. The first-order valence-electron chi connectivity index (χ1n) is 7.06. The summed E-state index contributed by atoms with van der Waals surface area (Å²) in [6, 6.07) is 5.54. The summed E-state index contributed by atoms with van der Waals surface area (Å²) < 4.78 is 5.30. The topological polar surface area (TPSA) is 105 Å². The average Bonchev–Trinajstić information content (AvgIpc) is 2.97. The molecular weight excluding hydrogens is 298 g/mol. The molecule has 0 aliphatic rings. The van der Waals surface area contributed by atoms with Crippen LogP contribution in [0.4, 0.5) is 0 Å². The summed E-state index contributed by atoms with van der Waals surface area (Å²) in [5, 5.41) is 19.2. The lowest BCUT2D eigenvalue weighted by atomic mass is 10.1. The van der Waals surface area contributed by atoms with Crippen molar-refractivity contribution in [2.45, 2.75) is 26.3 Å². The number of aromatic nitrogens is 2. The zero-order chi connectivity index (χ0) is 16.8. The SMILES string of the molecule is C/C=C/CC(NC(=O)c1ccc(-c2nnc(C)o2)cc1)C(=O)O. The van der Waals surface area contributed by atoms with Gasteiger partial charge in [0.1, 0.15) is 6.04 Å². The van der Waals surface area contributed by atoms with Crippen LogP contribution in [0.1, 0.15) is 29.6 Å². The first kappa shape index (κ1) is 16.4. The van der Waals surface area contributed by atoms with Gasteiger partial charge in [-0.1, -0.05) is 12.2 Å². The highest BCUT2D eigenvalue weighted by Gasteiger charge is 2.19. The van der Waals surface area contributed by atoms with E-state index in [4.69, 9.17) is 9.52 Å². The van der Waals surface area contributed by atoms with E-state index in [2.05, 4.69) is 15.5 Å². The Labute approximate surface area is 133 Å². The van der Waals surface area contributed by atoms with E-state index in [1.54, 1.807) is 50.3 Å². The van der Waals surface area contributed by atoms with Crippen molar-refractivity contribution in [3.8, 4) is 11.5 Å². The number of carboxylic acids is 1. The Bertz CT molecular complexity index is 719. The standard InChI is InChI=1S/C16H17N3O4/c1-3-4-5-13(16(21)22)17-14(20)11-6-8-12(9-7-11)15-19-18-10(2)23-15/h3-4,6-9,13H,5H2,1-2H3,(H,17,20)(H,21,22)/b4-3+. The third-order valence-corrected chi connectivity index (χ3v) is 3.13. The number of carbonyl (C=O) groups is 2. The van der Waals surface area contributed by atoms with Crippen LogP contribution in [-0.2, 0) is 4.79 Å². The van der Waals surface area contributed by atoms with Gasteiger partial charge in [0.05, 0.1) is 0 Å². The number of amides is 1. The Balaban J connectivity index is 2.09. The number of nitrogens with one attached hydrogen (secondary N) is 1. The predicted octanol–water partition coefficient (Wildman–Crippen LogP) is 2.19. The quantitative estimate of drug-likeness (QED) is 0.792. The van der Waals surface area contributed by atoms with Gasteiger partial charge in [-0.05, 0) is 37.6 Å². The van der Waals surface area contributed by atoms with E-state index in [0.29, 0.717) is 22.9 Å². The first-order valence-corrected chi connectivity index (χ1v) is 7.06. The van der Waals surface area contributed by atoms with Gasteiger partial charge < -0.3 is 14.8 Å². The van der Waals surface area contributed by atoms with Gasteiger partial charge in [-0.15, -0.1) is 10.2 Å². The Morgan fingerprint density at radius 2 is 2.00 bits per heavy atom. The summed E-state index contributed by atoms with van der Waals surface area (Å²) in [7, 11) is 0. The highest BCUT2D eigenvalue weighted by Crippen LogP contribution is 2.18. The monoisotopic (exact) mass is 315 g/mol. The Kier molecular flexibility index (Phi) is 5.24. The van der Waals surface area contributed by atoms with E-state index in [1.807, 2.05) is 0 Å². The number of nitrogens with zero attached hydrogens (tertiary/aromatic N) is 2. The molecule has 0 spiro atoms. The lowest BCUT2D eigenvalue weighted by Crippen LogP contribution is -2.40. The molecule has 1 unspecified atom stereocenters. The van der Waals surface area contributed by atoms with Crippen LogP contribution in [0.3, 0.4) is 0 Å². The van der Waals surface area contributed by atoms with Crippen molar-refractivity contribution in [1.82, 2.24) is 15.5 Å². The van der Waals surface area contributed by atoms with E-state index >= 15 is 0 Å². The van der Waals surface area contributed by atoms with Crippen molar-refractivity contribution >= 4 is 11.9 Å². The number of rotatable bonds is 6. The summed E-state index contributed by atoms with van der Waals surface area (Å²) in [5.41, 5.74) is 1.04. The molecular formula is C16H17N3O4. The van der Waals surface area contributed by atoms with Gasteiger partial charge >= 0.3 is 5.97 Å². The summed E-state index contributed by atoms with van der Waals surface area (Å²) in [5.74, 6) is -0.703. The summed E-state index contributed by atoms with van der Waals surface area (Å²) >= 11 is 0. The summed E-state index contributed by atoms with van der Waals surface area (Å²) in [4.78, 5) is 23.3. The minimum Gasteiger partial charge on any atom is -0.480 e. The van der Waals surface area contributed by atoms with Crippen LogP contribution >= 0.6 is 0 Å². The maximum atomic E-state index is 12.1. The third kappa shape index (κ3) is 4.26. The number of benzene rings is 1. The molecule has 1 heterocycles. The van der Waals surface area contributed by atoms with E-state index in [1.165, 1.54) is 0 Å². The molecule has 0 saturated carbocycles. The van der Waals surface area contributed by atoms with Crippen molar-refractivity contribution in [2.24, 2.45) is 0 Å². The van der Waals surface area contributed by atoms with Crippen LogP contribution in [0, 0.1) is 6.92 Å². The van der Waals surface area contributed by atoms with Crippen molar-refractivity contribution < 1.29 is 19.1 Å². The zero-order valence-electron chi connectivity index (χ0n) is 12.8. The molecule has 0 aliphatic heterocycles. The molecule has 7 heteroatoms. The van der Waals surface area contributed by atoms with E-state index < -0.39 is 17.9 Å². The molecule has 0 bridgehead atoms. The second-order valence-corrected chi connectivity index (χ2v) is 4.87. The lowest BCUT2D eigenvalue weighted by molar-refractivity contribution is -0.139. The maximum Gasteiger partial charge on any atom is 0.326 e. The fourth-order valence-electron chi connectivity index (χ4n) is 1.91. The van der Waals surface area contributed by atoms with Crippen LogP contribution in [0.25, 0.3) is 11.5 Å². The minimum atomic E-state index is -1.07. The second-order valence-electron chi connectivity index (χ2n) is 4.87. The van der Waals surface area contributed by atoms with Crippen molar-refractivity contribution in [3.05, 3.63) is 47.9 Å². The van der Waals surface area contributed by atoms with Gasteiger partial charge in [0.2, 0.25) is 11.8 Å². The zero-order valence-corrected chi connectivity index (χ0v) is 12.8. The van der Waals surface area contributed by atoms with E-state index in [-0.39, 0.29) is 6.42 Å². The molecule has 23 heavy (non-hydrogen) atoms. The van der Waals surface area contributed by atoms with Crippen LogP contribution in [0.2, 0.25) is 0 Å². The van der Waals surface area contributed by atoms with Crippen LogP contribution in [0.15, 0.2) is 40.8 Å². The molecule has 1 aromatic heterocycles. The normalized spacial score (nSPS) is 12.3. The van der Waals surface area contributed by atoms with Crippen LogP contribution in [-0.4, -0.2) is 33.2 Å². The smallest absolute Gasteiger partial charge is 0.326 e. The van der Waals surface area contributed by atoms with Crippen molar-refractivity contribution in [1.29, 1.82) is 0 Å². The molecule has 1 aromatic carbocycles. The first-order chi connectivity index (χ1) is 11.0. The third-order valence-electron chi connectivity index (χ3n) is 3.13. The van der Waals surface area contributed by atoms with E-state index in [0.717, 1.165) is 0 Å². The number of carbonyl (C=O) groups excluding carboxylic acids is 1. The lowest BCUT2D eigenvalue weighted by Gasteiger charge is -2.12. The summed E-state index contributed by atoms with van der Waals surface area (Å²) in [6.45, 7) is 3.48. The highest BCUT2D eigenvalue weighted by molar-refractivity contribution is 5.96. The fourth-order valence-corrected chi connectivity index (χ4v) is 1.91. The predicted molar refractivity (Wildman–Crippen MR) is 82.8 cm³/mol. The number of carboxylic acid groups (broad SMARTS) is 1. The van der Waals surface area contributed by atoms with Gasteiger partial charge in [-0.2, -0.15) is 0 Å². The van der Waals surface area contributed by atoms with Crippen molar-refractivity contribution in [2.75, 3.05) is 0 Å². The molecule has 2 rings (SSSR count). The van der Waals surface area contributed by atoms with Crippen molar-refractivity contribution in [3.63, 3.8) is 0 Å². The molecule has 0 aliphatic carbocycles. The molecule has 2 N–H and O–H groups in total. The molecule has 0 radical (unpaired) electrons. The molecule has 0 saturated heterocycles. The minimum absolute atomic E-state index is 0.233. The van der Waals surface area contributed by atoms with Gasteiger partial charge in [0.15, 0.2) is 0 Å². The summed E-state index contributed by atoms with van der Waals surface area (Å²) in [6.07, 6.45) is 3.67. The number of hydrogen-bond donors (Lipinski definition) is 2. The van der Waals surface area contributed by atoms with Crippen LogP contribution < -0.4 is 5.32 Å². The van der Waals surface area contributed by atoms with Gasteiger partial charge in [0, 0.05) is 18.1 Å². The molecule has 0 fully saturated rings. The molecule has 1 amide bonds. The molecule has 1 atom stereocenters. The largest absolute Gasteiger partial charge is 0.480 e. The van der Waals surface area contributed by atoms with Gasteiger partial charge in [-0.3, -0.25) is 4.79 Å². The average molecular weight is 315 g/mol. The number of aliphatic carboxylic acids is 1. The molecule has 120 valence electrons. The second kappa shape index (κ2) is 7.35. The van der Waals surface area contributed by atoms with E-state index in [9.17, 15) is 9.59 Å². The maximum absolute atomic E-state index is 12.1.